The highest BCUT2D eigenvalue weighted by molar-refractivity contribution is 7.89. The molecule has 1 heterocycles. The number of rotatable bonds is 7. The molecular formula is C20H22N4O3S2. The van der Waals surface area contributed by atoms with E-state index in [4.69, 9.17) is 0 Å². The van der Waals surface area contributed by atoms with Gasteiger partial charge in [-0.2, -0.15) is 13.5 Å². The molecule has 0 spiro atoms. The molecule has 29 heavy (non-hydrogen) atoms. The van der Waals surface area contributed by atoms with E-state index in [1.54, 1.807) is 12.1 Å². The van der Waals surface area contributed by atoms with Crippen LogP contribution in [0.4, 0.5) is 0 Å². The highest BCUT2D eigenvalue weighted by atomic mass is 32.2. The van der Waals surface area contributed by atoms with Crippen LogP contribution in [0.3, 0.4) is 0 Å². The molecule has 0 saturated heterocycles. The van der Waals surface area contributed by atoms with Crippen molar-refractivity contribution < 1.29 is 13.2 Å². The standard InChI is InChI=1S/C20H22N4O3S2/c25-20(21-15-9-4-5-10-15)17(13-14-7-2-1-3-8-14)24-29(26,27)18-12-6-11-16-19(18)23-28-22-16/h1-3,6-8,11-12,15,17,24H,4-5,9-10,13H2,(H,21,25). The van der Waals surface area contributed by atoms with Crippen LogP contribution in [-0.2, 0) is 21.2 Å². The molecular weight excluding hydrogens is 408 g/mol. The quantitative estimate of drug-likeness (QED) is 0.600. The minimum atomic E-state index is -3.96. The average molecular weight is 431 g/mol. The number of sulfonamides is 1. The number of carbonyl (C=O) groups excluding carboxylic acids is 1. The fourth-order valence-corrected chi connectivity index (χ4v) is 5.62. The Kier molecular flexibility index (Phi) is 5.89. The molecule has 0 radical (unpaired) electrons. The predicted molar refractivity (Wildman–Crippen MR) is 112 cm³/mol. The summed E-state index contributed by atoms with van der Waals surface area (Å²) in [6.45, 7) is 0. The third kappa shape index (κ3) is 4.63. The van der Waals surface area contributed by atoms with Crippen LogP contribution in [-0.4, -0.2) is 35.2 Å². The van der Waals surface area contributed by atoms with Crippen molar-refractivity contribution in [1.29, 1.82) is 0 Å². The molecule has 1 unspecified atom stereocenters. The van der Waals surface area contributed by atoms with Crippen molar-refractivity contribution in [2.24, 2.45) is 0 Å². The Morgan fingerprint density at radius 2 is 1.83 bits per heavy atom. The number of nitrogens with one attached hydrogen (secondary N) is 2. The highest BCUT2D eigenvalue weighted by Gasteiger charge is 2.29. The van der Waals surface area contributed by atoms with Crippen molar-refractivity contribution in [3.63, 3.8) is 0 Å². The number of nitrogens with zero attached hydrogens (tertiary/aromatic N) is 2. The first-order chi connectivity index (χ1) is 14.0. The molecule has 1 atom stereocenters. The molecule has 3 aromatic rings. The van der Waals surface area contributed by atoms with Crippen molar-refractivity contribution >= 4 is 38.7 Å². The summed E-state index contributed by atoms with van der Waals surface area (Å²) in [5, 5.41) is 3.01. The summed E-state index contributed by atoms with van der Waals surface area (Å²) in [6.07, 6.45) is 4.29. The summed E-state index contributed by atoms with van der Waals surface area (Å²) in [6, 6.07) is 13.4. The molecule has 1 fully saturated rings. The SMILES string of the molecule is O=C(NC1CCCC1)C(Cc1ccccc1)NS(=O)(=O)c1cccc2nsnc12. The second-order valence-electron chi connectivity index (χ2n) is 7.24. The van der Waals surface area contributed by atoms with Crippen LogP contribution in [0.15, 0.2) is 53.4 Å². The van der Waals surface area contributed by atoms with Gasteiger partial charge in [-0.1, -0.05) is 49.2 Å². The van der Waals surface area contributed by atoms with E-state index in [2.05, 4.69) is 18.8 Å². The van der Waals surface area contributed by atoms with Gasteiger partial charge < -0.3 is 5.32 Å². The number of fused-ring (bicyclic) bond motifs is 1. The first-order valence-electron chi connectivity index (χ1n) is 9.61. The van der Waals surface area contributed by atoms with Gasteiger partial charge >= 0.3 is 0 Å². The van der Waals surface area contributed by atoms with Crippen LogP contribution in [0.1, 0.15) is 31.2 Å². The third-order valence-corrected chi connectivity index (χ3v) is 7.18. The Hall–Kier alpha value is -2.36. The first kappa shape index (κ1) is 19.9. The van der Waals surface area contributed by atoms with Gasteiger partial charge in [0.05, 0.1) is 11.7 Å². The normalized spacial score (nSPS) is 16.1. The van der Waals surface area contributed by atoms with Gasteiger partial charge in [0.1, 0.15) is 22.0 Å². The summed E-state index contributed by atoms with van der Waals surface area (Å²) < 4.78 is 37.1. The van der Waals surface area contributed by atoms with Gasteiger partial charge in [-0.05, 0) is 37.0 Å². The third-order valence-electron chi connectivity index (χ3n) is 5.14. The maximum atomic E-state index is 13.1. The lowest BCUT2D eigenvalue weighted by molar-refractivity contribution is -0.123. The molecule has 1 aliphatic rings. The number of amides is 1. The molecule has 0 aliphatic heterocycles. The van der Waals surface area contributed by atoms with Gasteiger partial charge in [0.2, 0.25) is 15.9 Å². The molecule has 152 valence electrons. The van der Waals surface area contributed by atoms with Crippen molar-refractivity contribution in [3.8, 4) is 0 Å². The Bertz CT molecular complexity index is 1090. The van der Waals surface area contributed by atoms with Crippen molar-refractivity contribution in [2.45, 2.75) is 49.1 Å². The molecule has 1 saturated carbocycles. The van der Waals surface area contributed by atoms with Crippen LogP contribution in [0.5, 0.6) is 0 Å². The Balaban J connectivity index is 1.61. The lowest BCUT2D eigenvalue weighted by Crippen LogP contribution is -2.50. The van der Waals surface area contributed by atoms with Gasteiger partial charge in [0.25, 0.3) is 0 Å². The summed E-state index contributed by atoms with van der Waals surface area (Å²) in [7, 11) is -3.96. The lowest BCUT2D eigenvalue weighted by atomic mass is 10.1. The maximum absolute atomic E-state index is 13.1. The summed E-state index contributed by atoms with van der Waals surface area (Å²) in [5.41, 5.74) is 1.72. The number of hydrogen-bond acceptors (Lipinski definition) is 6. The molecule has 1 aliphatic carbocycles. The van der Waals surface area contributed by atoms with E-state index < -0.39 is 16.1 Å². The fourth-order valence-electron chi connectivity index (χ4n) is 3.66. The molecule has 9 heteroatoms. The van der Waals surface area contributed by atoms with Gasteiger partial charge in [-0.15, -0.1) is 0 Å². The van der Waals surface area contributed by atoms with E-state index in [-0.39, 0.29) is 23.3 Å². The Labute approximate surface area is 173 Å². The van der Waals surface area contributed by atoms with Crippen molar-refractivity contribution in [2.75, 3.05) is 0 Å². The minimum Gasteiger partial charge on any atom is -0.352 e. The van der Waals surface area contributed by atoms with E-state index in [1.165, 1.54) is 6.07 Å². The zero-order chi connectivity index (χ0) is 20.3. The van der Waals surface area contributed by atoms with Crippen LogP contribution >= 0.6 is 11.7 Å². The zero-order valence-corrected chi connectivity index (χ0v) is 17.4. The molecule has 4 rings (SSSR count). The number of hydrogen-bond donors (Lipinski definition) is 2. The summed E-state index contributed by atoms with van der Waals surface area (Å²) in [4.78, 5) is 13.0. The second-order valence-corrected chi connectivity index (χ2v) is 9.45. The Morgan fingerprint density at radius 3 is 2.59 bits per heavy atom. The smallest absolute Gasteiger partial charge is 0.243 e. The fraction of sp³-hybridized carbons (Fsp3) is 0.350. The monoisotopic (exact) mass is 430 g/mol. The van der Waals surface area contributed by atoms with Crippen LogP contribution in [0, 0.1) is 0 Å². The average Bonchev–Trinajstić information content (AvgIpc) is 3.39. The van der Waals surface area contributed by atoms with Gasteiger partial charge in [0.15, 0.2) is 0 Å². The van der Waals surface area contributed by atoms with Crippen molar-refractivity contribution in [1.82, 2.24) is 18.8 Å². The minimum absolute atomic E-state index is 0.0375. The molecule has 1 amide bonds. The highest BCUT2D eigenvalue weighted by Crippen LogP contribution is 2.22. The Morgan fingerprint density at radius 1 is 1.07 bits per heavy atom. The first-order valence-corrected chi connectivity index (χ1v) is 11.8. The lowest BCUT2D eigenvalue weighted by Gasteiger charge is -2.21. The number of aromatic nitrogens is 2. The number of benzene rings is 2. The van der Waals surface area contributed by atoms with E-state index in [0.717, 1.165) is 43.0 Å². The predicted octanol–water partition coefficient (Wildman–Crippen LogP) is 2.64. The summed E-state index contributed by atoms with van der Waals surface area (Å²) in [5.74, 6) is -0.298. The van der Waals surface area contributed by atoms with E-state index in [0.29, 0.717) is 11.0 Å². The molecule has 1 aromatic heterocycles. The van der Waals surface area contributed by atoms with E-state index in [1.807, 2.05) is 30.3 Å². The molecule has 7 nitrogen and oxygen atoms in total. The van der Waals surface area contributed by atoms with Crippen LogP contribution in [0.25, 0.3) is 11.0 Å². The van der Waals surface area contributed by atoms with Crippen molar-refractivity contribution in [3.05, 3.63) is 54.1 Å². The molecule has 2 aromatic carbocycles. The molecule has 2 N–H and O–H groups in total. The second kappa shape index (κ2) is 8.56. The van der Waals surface area contributed by atoms with E-state index >= 15 is 0 Å². The van der Waals surface area contributed by atoms with Gasteiger partial charge in [-0.3, -0.25) is 4.79 Å². The van der Waals surface area contributed by atoms with E-state index in [9.17, 15) is 13.2 Å². The zero-order valence-electron chi connectivity index (χ0n) is 15.7. The van der Waals surface area contributed by atoms with Gasteiger partial charge in [-0.25, -0.2) is 8.42 Å². The summed E-state index contributed by atoms with van der Waals surface area (Å²) >= 11 is 0.961. The van der Waals surface area contributed by atoms with Crippen LogP contribution in [0.2, 0.25) is 0 Å². The number of carbonyl (C=O) groups is 1. The van der Waals surface area contributed by atoms with Crippen LogP contribution < -0.4 is 10.0 Å². The molecule has 0 bridgehead atoms. The maximum Gasteiger partial charge on any atom is 0.243 e. The largest absolute Gasteiger partial charge is 0.352 e. The van der Waals surface area contributed by atoms with Gasteiger partial charge in [0, 0.05) is 6.04 Å². The topological polar surface area (TPSA) is 101 Å².